The molecule has 1 heterocycles. The molecule has 0 spiro atoms. The summed E-state index contributed by atoms with van der Waals surface area (Å²) in [6, 6.07) is 12.8. The number of amides is 1. The zero-order valence-corrected chi connectivity index (χ0v) is 14.0. The van der Waals surface area contributed by atoms with Crippen LogP contribution >= 0.6 is 23.1 Å². The summed E-state index contributed by atoms with van der Waals surface area (Å²) in [6.07, 6.45) is 0. The van der Waals surface area contributed by atoms with Crippen molar-refractivity contribution >= 4 is 34.1 Å². The number of benzene rings is 2. The molecule has 1 aromatic heterocycles. The van der Waals surface area contributed by atoms with Crippen LogP contribution in [0.4, 0.5) is 13.9 Å². The average molecular weight is 362 g/mol. The fourth-order valence-electron chi connectivity index (χ4n) is 1.97. The Morgan fingerprint density at radius 3 is 2.75 bits per heavy atom. The van der Waals surface area contributed by atoms with E-state index < -0.39 is 11.6 Å². The monoisotopic (exact) mass is 362 g/mol. The number of anilines is 1. The van der Waals surface area contributed by atoms with Crippen molar-refractivity contribution < 1.29 is 13.6 Å². The van der Waals surface area contributed by atoms with E-state index in [4.69, 9.17) is 0 Å². The van der Waals surface area contributed by atoms with Crippen LogP contribution in [0.1, 0.15) is 0 Å². The van der Waals surface area contributed by atoms with Crippen molar-refractivity contribution in [3.63, 3.8) is 0 Å². The van der Waals surface area contributed by atoms with Crippen molar-refractivity contribution in [1.82, 2.24) is 4.98 Å². The lowest BCUT2D eigenvalue weighted by Crippen LogP contribution is -2.13. The van der Waals surface area contributed by atoms with E-state index >= 15 is 0 Å². The Labute approximate surface area is 145 Å². The molecule has 0 bridgehead atoms. The minimum absolute atomic E-state index is 0.0745. The Bertz CT molecular complexity index is 853. The van der Waals surface area contributed by atoms with Gasteiger partial charge in [0.2, 0.25) is 5.91 Å². The maximum absolute atomic E-state index is 13.7. The molecule has 0 aliphatic rings. The fourth-order valence-corrected chi connectivity index (χ4v) is 3.42. The van der Waals surface area contributed by atoms with Crippen molar-refractivity contribution in [2.45, 2.75) is 4.90 Å². The predicted octanol–water partition coefficient (Wildman–Crippen LogP) is 4.82. The lowest BCUT2D eigenvalue weighted by Gasteiger charge is -2.02. The van der Waals surface area contributed by atoms with Gasteiger partial charge in [0.05, 0.1) is 11.4 Å². The first-order valence-corrected chi connectivity index (χ1v) is 8.87. The molecule has 0 atom stereocenters. The molecule has 1 N–H and O–H groups in total. The minimum Gasteiger partial charge on any atom is -0.301 e. The zero-order valence-electron chi connectivity index (χ0n) is 12.3. The van der Waals surface area contributed by atoms with Gasteiger partial charge < -0.3 is 5.32 Å². The number of nitrogens with zero attached hydrogens (tertiary/aromatic N) is 1. The van der Waals surface area contributed by atoms with Gasteiger partial charge in [0.15, 0.2) is 5.13 Å². The van der Waals surface area contributed by atoms with Crippen LogP contribution in [0.2, 0.25) is 0 Å². The van der Waals surface area contributed by atoms with E-state index in [0.29, 0.717) is 10.8 Å². The van der Waals surface area contributed by atoms with Crippen molar-refractivity contribution in [2.24, 2.45) is 0 Å². The topological polar surface area (TPSA) is 42.0 Å². The van der Waals surface area contributed by atoms with Crippen LogP contribution in [0.15, 0.2) is 58.8 Å². The predicted molar refractivity (Wildman–Crippen MR) is 93.3 cm³/mol. The average Bonchev–Trinajstić information content (AvgIpc) is 3.04. The van der Waals surface area contributed by atoms with E-state index in [1.165, 1.54) is 23.1 Å². The molecule has 24 heavy (non-hydrogen) atoms. The molecule has 0 radical (unpaired) electrons. The molecule has 3 rings (SSSR count). The Morgan fingerprint density at radius 2 is 1.96 bits per heavy atom. The molecule has 3 nitrogen and oxygen atoms in total. The van der Waals surface area contributed by atoms with E-state index in [2.05, 4.69) is 10.3 Å². The molecule has 0 aliphatic heterocycles. The fraction of sp³-hybridized carbons (Fsp3) is 0.0588. The number of carbonyl (C=O) groups is 1. The van der Waals surface area contributed by atoms with Gasteiger partial charge in [-0.3, -0.25) is 4.79 Å². The van der Waals surface area contributed by atoms with Gasteiger partial charge in [0.25, 0.3) is 0 Å². The maximum atomic E-state index is 13.7. The van der Waals surface area contributed by atoms with Crippen LogP contribution in [0.3, 0.4) is 0 Å². The first-order chi connectivity index (χ1) is 11.6. The van der Waals surface area contributed by atoms with Crippen molar-refractivity contribution in [2.75, 3.05) is 11.1 Å². The van der Waals surface area contributed by atoms with E-state index in [1.54, 1.807) is 5.38 Å². The quantitative estimate of drug-likeness (QED) is 0.662. The number of thiazole rings is 1. The van der Waals surface area contributed by atoms with Crippen LogP contribution in [-0.2, 0) is 4.79 Å². The first kappa shape index (κ1) is 16.6. The normalized spacial score (nSPS) is 10.6. The number of hydrogen-bond acceptors (Lipinski definition) is 4. The molecule has 2 aromatic carbocycles. The van der Waals surface area contributed by atoms with Gasteiger partial charge in [0.1, 0.15) is 11.6 Å². The first-order valence-electron chi connectivity index (χ1n) is 7.00. The molecule has 1 amide bonds. The third-order valence-corrected chi connectivity index (χ3v) is 4.84. The van der Waals surface area contributed by atoms with Gasteiger partial charge >= 0.3 is 0 Å². The standard InChI is InChI=1S/C17H12F2N2OS2/c18-11-6-7-14(19)13(8-11)15-9-24-17(20-15)21-16(22)10-23-12-4-2-1-3-5-12/h1-9H,10H2,(H,20,21,22). The molecule has 0 aliphatic carbocycles. The molecule has 0 saturated heterocycles. The van der Waals surface area contributed by atoms with Crippen LogP contribution in [0, 0.1) is 11.6 Å². The summed E-state index contributed by atoms with van der Waals surface area (Å²) < 4.78 is 27.0. The second kappa shape index (κ2) is 7.55. The zero-order chi connectivity index (χ0) is 16.9. The van der Waals surface area contributed by atoms with Crippen LogP contribution in [-0.4, -0.2) is 16.6 Å². The van der Waals surface area contributed by atoms with E-state index in [9.17, 15) is 13.6 Å². The second-order valence-electron chi connectivity index (χ2n) is 4.81. The number of nitrogens with one attached hydrogen (secondary N) is 1. The highest BCUT2D eigenvalue weighted by Crippen LogP contribution is 2.28. The molecular weight excluding hydrogens is 350 g/mol. The van der Waals surface area contributed by atoms with Crippen LogP contribution in [0.25, 0.3) is 11.3 Å². The summed E-state index contributed by atoms with van der Waals surface area (Å²) in [5.74, 6) is -1.05. The summed E-state index contributed by atoms with van der Waals surface area (Å²) in [5, 5.41) is 4.60. The van der Waals surface area contributed by atoms with E-state index in [1.807, 2.05) is 30.3 Å². The number of rotatable bonds is 5. The van der Waals surface area contributed by atoms with Crippen LogP contribution < -0.4 is 5.32 Å². The second-order valence-corrected chi connectivity index (χ2v) is 6.72. The minimum atomic E-state index is -0.556. The Morgan fingerprint density at radius 1 is 1.17 bits per heavy atom. The number of thioether (sulfide) groups is 1. The smallest absolute Gasteiger partial charge is 0.236 e. The molecular formula is C17H12F2N2OS2. The number of halogens is 2. The lowest BCUT2D eigenvalue weighted by molar-refractivity contribution is -0.113. The van der Waals surface area contributed by atoms with Gasteiger partial charge in [-0.2, -0.15) is 0 Å². The van der Waals surface area contributed by atoms with E-state index in [-0.39, 0.29) is 17.2 Å². The Hall–Kier alpha value is -2.25. The van der Waals surface area contributed by atoms with Crippen molar-refractivity contribution in [3.05, 3.63) is 65.5 Å². The highest BCUT2D eigenvalue weighted by Gasteiger charge is 2.12. The Balaban J connectivity index is 1.63. The van der Waals surface area contributed by atoms with Crippen molar-refractivity contribution in [3.8, 4) is 11.3 Å². The molecule has 7 heteroatoms. The van der Waals surface area contributed by atoms with Crippen molar-refractivity contribution in [1.29, 1.82) is 0 Å². The maximum Gasteiger partial charge on any atom is 0.236 e. The summed E-state index contributed by atoms with van der Waals surface area (Å²) in [5.41, 5.74) is 0.369. The van der Waals surface area contributed by atoms with Gasteiger partial charge in [-0.05, 0) is 30.3 Å². The molecule has 0 saturated carbocycles. The number of aromatic nitrogens is 1. The third kappa shape index (κ3) is 4.18. The molecule has 3 aromatic rings. The third-order valence-electron chi connectivity index (χ3n) is 3.07. The SMILES string of the molecule is O=C(CSc1ccccc1)Nc1nc(-c2cc(F)ccc2F)cs1. The summed E-state index contributed by atoms with van der Waals surface area (Å²) >= 11 is 2.58. The van der Waals surface area contributed by atoms with Crippen LogP contribution in [0.5, 0.6) is 0 Å². The number of carbonyl (C=O) groups excluding carboxylic acids is 1. The summed E-state index contributed by atoms with van der Waals surface area (Å²) in [6.45, 7) is 0. The Kier molecular flexibility index (Phi) is 5.22. The highest BCUT2D eigenvalue weighted by molar-refractivity contribution is 8.00. The van der Waals surface area contributed by atoms with Gasteiger partial charge in [-0.25, -0.2) is 13.8 Å². The molecule has 0 unspecified atom stereocenters. The summed E-state index contributed by atoms with van der Waals surface area (Å²) in [7, 11) is 0. The van der Waals surface area contributed by atoms with Gasteiger partial charge in [0, 0.05) is 15.8 Å². The number of hydrogen-bond donors (Lipinski definition) is 1. The summed E-state index contributed by atoms with van der Waals surface area (Å²) in [4.78, 5) is 17.1. The lowest BCUT2D eigenvalue weighted by atomic mass is 10.1. The molecule has 122 valence electrons. The van der Waals surface area contributed by atoms with E-state index in [0.717, 1.165) is 23.1 Å². The van der Waals surface area contributed by atoms with Gasteiger partial charge in [-0.15, -0.1) is 23.1 Å². The highest BCUT2D eigenvalue weighted by atomic mass is 32.2. The van der Waals surface area contributed by atoms with Gasteiger partial charge in [-0.1, -0.05) is 18.2 Å². The molecule has 0 fully saturated rings. The largest absolute Gasteiger partial charge is 0.301 e.